The van der Waals surface area contributed by atoms with E-state index in [4.69, 9.17) is 22.4 Å². The van der Waals surface area contributed by atoms with Crippen molar-refractivity contribution in [1.82, 2.24) is 10.3 Å². The molecule has 1 unspecified atom stereocenters. The van der Waals surface area contributed by atoms with E-state index in [0.29, 0.717) is 12.1 Å². The van der Waals surface area contributed by atoms with Crippen LogP contribution in [0.3, 0.4) is 0 Å². The Labute approximate surface area is 98.6 Å². The molecule has 0 saturated heterocycles. The summed E-state index contributed by atoms with van der Waals surface area (Å²) in [4.78, 5) is 15.4. The molecule has 4 N–H and O–H groups in total. The van der Waals surface area contributed by atoms with Gasteiger partial charge in [0, 0.05) is 19.3 Å². The number of nitrogens with two attached hydrogens (primary N) is 1. The van der Waals surface area contributed by atoms with Crippen molar-refractivity contribution in [2.45, 2.75) is 6.92 Å². The molecule has 1 aromatic heterocycles. The monoisotopic (exact) mass is 243 g/mol. The maximum absolute atomic E-state index is 11.6. The number of hydrogen-bond acceptors (Lipinski definition) is 4. The summed E-state index contributed by atoms with van der Waals surface area (Å²) in [6, 6.07) is 1.46. The third kappa shape index (κ3) is 3.36. The van der Waals surface area contributed by atoms with Gasteiger partial charge in [0.25, 0.3) is 5.91 Å². The number of pyridine rings is 1. The quantitative estimate of drug-likeness (QED) is 0.726. The summed E-state index contributed by atoms with van der Waals surface area (Å²) < 4.78 is 0. The van der Waals surface area contributed by atoms with Gasteiger partial charge in [0.15, 0.2) is 0 Å². The first-order chi connectivity index (χ1) is 7.54. The van der Waals surface area contributed by atoms with E-state index in [2.05, 4.69) is 10.3 Å². The number of hydrogen-bond donors (Lipinski definition) is 3. The molecule has 0 aromatic carbocycles. The molecular formula is C10H14ClN3O2. The Morgan fingerprint density at radius 1 is 1.75 bits per heavy atom. The lowest BCUT2D eigenvalue weighted by atomic mass is 10.2. The Kier molecular flexibility index (Phi) is 4.52. The van der Waals surface area contributed by atoms with Gasteiger partial charge in [-0.15, -0.1) is 0 Å². The van der Waals surface area contributed by atoms with Crippen LogP contribution in [0.25, 0.3) is 0 Å². The van der Waals surface area contributed by atoms with Gasteiger partial charge in [-0.25, -0.2) is 4.98 Å². The number of nitrogens with one attached hydrogen (secondary N) is 1. The van der Waals surface area contributed by atoms with Crippen molar-refractivity contribution in [2.75, 3.05) is 18.9 Å². The van der Waals surface area contributed by atoms with Crippen molar-refractivity contribution in [1.29, 1.82) is 0 Å². The third-order valence-electron chi connectivity index (χ3n) is 2.05. The smallest absolute Gasteiger partial charge is 0.252 e. The Hall–Kier alpha value is -1.33. The van der Waals surface area contributed by atoms with Crippen LogP contribution in [0.4, 0.5) is 5.82 Å². The topological polar surface area (TPSA) is 88.2 Å². The average molecular weight is 244 g/mol. The zero-order valence-electron chi connectivity index (χ0n) is 8.90. The number of aromatic nitrogens is 1. The predicted molar refractivity (Wildman–Crippen MR) is 62.2 cm³/mol. The highest BCUT2D eigenvalue weighted by molar-refractivity contribution is 6.33. The van der Waals surface area contributed by atoms with Crippen molar-refractivity contribution < 1.29 is 9.90 Å². The lowest BCUT2D eigenvalue weighted by Gasteiger charge is -2.09. The molecule has 1 rings (SSSR count). The molecule has 0 aliphatic rings. The number of rotatable bonds is 4. The van der Waals surface area contributed by atoms with E-state index in [0.717, 1.165) is 0 Å². The second-order valence-electron chi connectivity index (χ2n) is 3.59. The number of amides is 1. The maximum Gasteiger partial charge on any atom is 0.252 e. The highest BCUT2D eigenvalue weighted by Crippen LogP contribution is 2.16. The summed E-state index contributed by atoms with van der Waals surface area (Å²) in [7, 11) is 0. The minimum Gasteiger partial charge on any atom is -0.396 e. The van der Waals surface area contributed by atoms with Gasteiger partial charge in [0.05, 0.1) is 10.6 Å². The predicted octanol–water partition coefficient (Wildman–Crippen LogP) is 0.675. The normalized spacial score (nSPS) is 12.2. The van der Waals surface area contributed by atoms with E-state index in [1.807, 2.05) is 6.92 Å². The van der Waals surface area contributed by atoms with Gasteiger partial charge in [-0.05, 0) is 12.0 Å². The van der Waals surface area contributed by atoms with Gasteiger partial charge < -0.3 is 16.2 Å². The fourth-order valence-corrected chi connectivity index (χ4v) is 1.17. The first-order valence-electron chi connectivity index (χ1n) is 4.84. The SMILES string of the molecule is CC(CO)CNC(=O)c1cnc(N)c(Cl)c1. The summed E-state index contributed by atoms with van der Waals surface area (Å²) in [5.74, 6) is -0.0715. The molecule has 16 heavy (non-hydrogen) atoms. The van der Waals surface area contributed by atoms with Crippen molar-refractivity contribution in [3.8, 4) is 0 Å². The van der Waals surface area contributed by atoms with Crippen LogP contribution in [0.1, 0.15) is 17.3 Å². The molecule has 1 amide bonds. The standard InChI is InChI=1S/C10H14ClN3O2/c1-6(5-15)3-14-10(16)7-2-8(11)9(12)13-4-7/h2,4,6,15H,3,5H2,1H3,(H2,12,13)(H,14,16). The molecule has 6 heteroatoms. The second kappa shape index (κ2) is 5.67. The van der Waals surface area contributed by atoms with Crippen LogP contribution in [0.2, 0.25) is 5.02 Å². The number of nitrogens with zero attached hydrogens (tertiary/aromatic N) is 1. The number of carbonyl (C=O) groups is 1. The summed E-state index contributed by atoms with van der Waals surface area (Å²) >= 11 is 5.74. The molecule has 0 radical (unpaired) electrons. The van der Waals surface area contributed by atoms with Crippen LogP contribution in [-0.2, 0) is 0 Å². The summed E-state index contributed by atoms with van der Waals surface area (Å²) in [6.45, 7) is 2.26. The third-order valence-corrected chi connectivity index (χ3v) is 2.36. The van der Waals surface area contributed by atoms with Crippen LogP contribution in [0.15, 0.2) is 12.3 Å². The van der Waals surface area contributed by atoms with E-state index in [-0.39, 0.29) is 29.3 Å². The first-order valence-corrected chi connectivity index (χ1v) is 5.22. The number of halogens is 1. The molecule has 0 fully saturated rings. The van der Waals surface area contributed by atoms with Crippen LogP contribution in [-0.4, -0.2) is 29.1 Å². The number of aliphatic hydroxyl groups excluding tert-OH is 1. The highest BCUT2D eigenvalue weighted by Gasteiger charge is 2.09. The van der Waals surface area contributed by atoms with E-state index in [9.17, 15) is 4.79 Å². The van der Waals surface area contributed by atoms with Crippen molar-refractivity contribution in [3.05, 3.63) is 22.8 Å². The maximum atomic E-state index is 11.6. The zero-order valence-corrected chi connectivity index (χ0v) is 9.66. The Bertz CT molecular complexity index is 384. The Morgan fingerprint density at radius 3 is 3.00 bits per heavy atom. The van der Waals surface area contributed by atoms with Gasteiger partial charge >= 0.3 is 0 Å². The lowest BCUT2D eigenvalue weighted by molar-refractivity contribution is 0.0942. The molecular weight excluding hydrogens is 230 g/mol. The second-order valence-corrected chi connectivity index (χ2v) is 4.00. The van der Waals surface area contributed by atoms with Gasteiger partial charge in [-0.2, -0.15) is 0 Å². The molecule has 1 atom stereocenters. The van der Waals surface area contributed by atoms with Gasteiger partial charge in [0.1, 0.15) is 5.82 Å². The average Bonchev–Trinajstić information content (AvgIpc) is 2.29. The van der Waals surface area contributed by atoms with Gasteiger partial charge in [-0.3, -0.25) is 4.79 Å². The van der Waals surface area contributed by atoms with Crippen LogP contribution < -0.4 is 11.1 Å². The molecule has 0 aliphatic carbocycles. The van der Waals surface area contributed by atoms with Gasteiger partial charge in [0.2, 0.25) is 0 Å². The van der Waals surface area contributed by atoms with Crippen LogP contribution >= 0.6 is 11.6 Å². The zero-order chi connectivity index (χ0) is 12.1. The minimum absolute atomic E-state index is 0.0150. The molecule has 5 nitrogen and oxygen atoms in total. The van der Waals surface area contributed by atoms with Crippen LogP contribution in [0, 0.1) is 5.92 Å². The molecule has 0 bridgehead atoms. The summed E-state index contributed by atoms with van der Waals surface area (Å²) in [5.41, 5.74) is 5.78. The van der Waals surface area contributed by atoms with E-state index < -0.39 is 0 Å². The van der Waals surface area contributed by atoms with Crippen molar-refractivity contribution >= 4 is 23.3 Å². The lowest BCUT2D eigenvalue weighted by Crippen LogP contribution is -2.29. The number of anilines is 1. The van der Waals surface area contributed by atoms with Crippen LogP contribution in [0.5, 0.6) is 0 Å². The highest BCUT2D eigenvalue weighted by atomic mass is 35.5. The Morgan fingerprint density at radius 2 is 2.44 bits per heavy atom. The van der Waals surface area contributed by atoms with Crippen molar-refractivity contribution in [2.24, 2.45) is 5.92 Å². The molecule has 0 saturated carbocycles. The fourth-order valence-electron chi connectivity index (χ4n) is 1.01. The van der Waals surface area contributed by atoms with Gasteiger partial charge in [-0.1, -0.05) is 18.5 Å². The molecule has 0 spiro atoms. The number of aliphatic hydroxyl groups is 1. The summed E-state index contributed by atoms with van der Waals surface area (Å²) in [5, 5.41) is 11.7. The molecule has 1 heterocycles. The van der Waals surface area contributed by atoms with Crippen molar-refractivity contribution in [3.63, 3.8) is 0 Å². The molecule has 0 aliphatic heterocycles. The van der Waals surface area contributed by atoms with E-state index in [1.54, 1.807) is 0 Å². The van der Waals surface area contributed by atoms with E-state index >= 15 is 0 Å². The number of carbonyl (C=O) groups excluding carboxylic acids is 1. The van der Waals surface area contributed by atoms with E-state index in [1.165, 1.54) is 12.3 Å². The number of nitrogen functional groups attached to an aromatic ring is 1. The first kappa shape index (κ1) is 12.7. The molecule has 1 aromatic rings. The largest absolute Gasteiger partial charge is 0.396 e. The molecule has 88 valence electrons. The minimum atomic E-state index is -0.283. The Balaban J connectivity index is 2.63. The fraction of sp³-hybridized carbons (Fsp3) is 0.400. The summed E-state index contributed by atoms with van der Waals surface area (Å²) in [6.07, 6.45) is 1.36.